The maximum atomic E-state index is 14.3. The van der Waals surface area contributed by atoms with Crippen molar-refractivity contribution in [3.05, 3.63) is 98.9 Å². The highest BCUT2D eigenvalue weighted by atomic mass is 35.5. The van der Waals surface area contributed by atoms with Crippen molar-refractivity contribution in [1.82, 2.24) is 0 Å². The monoisotopic (exact) mass is 412 g/mol. The van der Waals surface area contributed by atoms with E-state index in [1.54, 1.807) is 37.3 Å². The lowest BCUT2D eigenvalue weighted by atomic mass is 10.0. The van der Waals surface area contributed by atoms with Gasteiger partial charge in [-0.3, -0.25) is 4.79 Å². The van der Waals surface area contributed by atoms with Crippen molar-refractivity contribution in [2.45, 2.75) is 13.5 Å². The first kappa shape index (κ1) is 19.2. The molecule has 0 radical (unpaired) electrons. The molecule has 0 aliphatic carbocycles. The largest absolute Gasteiger partial charge is 0.489 e. The zero-order chi connectivity index (χ0) is 20.5. The van der Waals surface area contributed by atoms with Gasteiger partial charge in [-0.25, -0.2) is 8.78 Å². The highest BCUT2D eigenvalue weighted by molar-refractivity contribution is 6.33. The molecule has 0 atom stereocenters. The molecule has 0 unspecified atom stereocenters. The maximum absolute atomic E-state index is 14.3. The fourth-order valence-electron chi connectivity index (χ4n) is 3.15. The summed E-state index contributed by atoms with van der Waals surface area (Å²) in [4.78, 5) is 13.0. The van der Waals surface area contributed by atoms with Gasteiger partial charge in [-0.05, 0) is 48.9 Å². The number of benzene rings is 3. The second kappa shape index (κ2) is 7.68. The van der Waals surface area contributed by atoms with Crippen LogP contribution in [0.3, 0.4) is 0 Å². The van der Waals surface area contributed by atoms with Gasteiger partial charge in [0.25, 0.3) is 0 Å². The summed E-state index contributed by atoms with van der Waals surface area (Å²) in [6.45, 7) is 1.82. The van der Waals surface area contributed by atoms with Gasteiger partial charge in [-0.1, -0.05) is 29.8 Å². The van der Waals surface area contributed by atoms with Crippen LogP contribution in [-0.2, 0) is 6.61 Å². The third kappa shape index (κ3) is 3.74. The molecule has 0 amide bonds. The highest BCUT2D eigenvalue weighted by Gasteiger charge is 2.19. The Hall–Kier alpha value is -3.18. The van der Waals surface area contributed by atoms with E-state index in [9.17, 15) is 13.6 Å². The Kier molecular flexibility index (Phi) is 5.07. The fraction of sp³-hybridized carbons (Fsp3) is 0.0870. The first-order valence-electron chi connectivity index (χ1n) is 8.83. The summed E-state index contributed by atoms with van der Waals surface area (Å²) in [7, 11) is 0. The Morgan fingerprint density at radius 2 is 1.76 bits per heavy atom. The number of aryl methyl sites for hydroxylation is 1. The molecule has 0 aliphatic rings. The molecule has 0 N–H and O–H groups in total. The van der Waals surface area contributed by atoms with E-state index in [0.29, 0.717) is 16.7 Å². The van der Waals surface area contributed by atoms with Gasteiger partial charge >= 0.3 is 0 Å². The van der Waals surface area contributed by atoms with Crippen LogP contribution in [0.4, 0.5) is 8.78 Å². The Bertz CT molecular complexity index is 1240. The van der Waals surface area contributed by atoms with Gasteiger partial charge in [0, 0.05) is 11.6 Å². The number of hydrogen-bond donors (Lipinski definition) is 0. The summed E-state index contributed by atoms with van der Waals surface area (Å²) < 4.78 is 38.8. The molecule has 0 saturated heterocycles. The van der Waals surface area contributed by atoms with E-state index < -0.39 is 5.82 Å². The SMILES string of the molecule is Cc1oc2cc(OCc3ccc(F)cc3)ccc2c(=O)c1-c1c(F)cccc1Cl. The standard InChI is InChI=1S/C23H15ClF2O3/c1-13-21(22-18(24)3-2-4-19(22)26)23(27)17-10-9-16(11-20(17)29-13)28-12-14-5-7-15(25)8-6-14/h2-11H,12H2,1H3. The summed E-state index contributed by atoms with van der Waals surface area (Å²) in [5.41, 5.74) is 0.870. The molecule has 6 heteroatoms. The topological polar surface area (TPSA) is 39.4 Å². The second-order valence-corrected chi connectivity index (χ2v) is 6.94. The molecule has 29 heavy (non-hydrogen) atoms. The first-order valence-corrected chi connectivity index (χ1v) is 9.21. The van der Waals surface area contributed by atoms with Gasteiger partial charge in [0.15, 0.2) is 0 Å². The van der Waals surface area contributed by atoms with Crippen molar-refractivity contribution in [3.8, 4) is 16.9 Å². The summed E-state index contributed by atoms with van der Waals surface area (Å²) >= 11 is 6.13. The van der Waals surface area contributed by atoms with Crippen molar-refractivity contribution in [1.29, 1.82) is 0 Å². The minimum atomic E-state index is -0.591. The minimum Gasteiger partial charge on any atom is -0.489 e. The molecule has 0 spiro atoms. The summed E-state index contributed by atoms with van der Waals surface area (Å²) in [6.07, 6.45) is 0. The third-order valence-electron chi connectivity index (χ3n) is 4.57. The lowest BCUT2D eigenvalue weighted by Crippen LogP contribution is -2.09. The van der Waals surface area contributed by atoms with Crippen LogP contribution < -0.4 is 10.2 Å². The number of ether oxygens (including phenoxy) is 1. The molecule has 0 bridgehead atoms. The normalized spacial score (nSPS) is 11.0. The lowest BCUT2D eigenvalue weighted by molar-refractivity contribution is 0.306. The molecule has 4 aromatic rings. The quantitative estimate of drug-likeness (QED) is 0.396. The van der Waals surface area contributed by atoms with Crippen molar-refractivity contribution in [2.24, 2.45) is 0 Å². The van der Waals surface area contributed by atoms with Gasteiger partial charge in [0.2, 0.25) is 5.43 Å². The predicted octanol–water partition coefficient (Wildman–Crippen LogP) is 6.28. The van der Waals surface area contributed by atoms with Crippen molar-refractivity contribution in [2.75, 3.05) is 0 Å². The molecule has 3 aromatic carbocycles. The lowest BCUT2D eigenvalue weighted by Gasteiger charge is -2.11. The number of fused-ring (bicyclic) bond motifs is 1. The van der Waals surface area contributed by atoms with Crippen LogP contribution in [0.5, 0.6) is 5.75 Å². The summed E-state index contributed by atoms with van der Waals surface area (Å²) in [5.74, 6) is -0.166. The molecular formula is C23H15ClF2O3. The van der Waals surface area contributed by atoms with Gasteiger partial charge in [-0.2, -0.15) is 0 Å². The molecule has 0 fully saturated rings. The van der Waals surface area contributed by atoms with Crippen molar-refractivity contribution < 1.29 is 17.9 Å². The number of rotatable bonds is 4. The summed E-state index contributed by atoms with van der Waals surface area (Å²) in [5, 5.41) is 0.429. The second-order valence-electron chi connectivity index (χ2n) is 6.53. The Labute approximate surface area is 170 Å². The predicted molar refractivity (Wildman–Crippen MR) is 108 cm³/mol. The smallest absolute Gasteiger partial charge is 0.200 e. The van der Waals surface area contributed by atoms with Gasteiger partial charge in [0.1, 0.15) is 35.3 Å². The number of hydrogen-bond acceptors (Lipinski definition) is 3. The molecule has 3 nitrogen and oxygen atoms in total. The third-order valence-corrected chi connectivity index (χ3v) is 4.89. The van der Waals surface area contributed by atoms with Gasteiger partial charge in [0.05, 0.1) is 16.0 Å². The molecular weight excluding hydrogens is 398 g/mol. The van der Waals surface area contributed by atoms with Gasteiger partial charge < -0.3 is 9.15 Å². The Balaban J connectivity index is 1.72. The molecule has 0 saturated carbocycles. The van der Waals surface area contributed by atoms with E-state index in [1.165, 1.54) is 30.3 Å². The average molecular weight is 413 g/mol. The molecule has 146 valence electrons. The number of halogens is 3. The molecule has 1 aromatic heterocycles. The van der Waals surface area contributed by atoms with Crippen LogP contribution >= 0.6 is 11.6 Å². The minimum absolute atomic E-state index is 0.0268. The average Bonchev–Trinajstić information content (AvgIpc) is 2.69. The zero-order valence-electron chi connectivity index (χ0n) is 15.3. The Morgan fingerprint density at radius 1 is 1.00 bits per heavy atom. The fourth-order valence-corrected chi connectivity index (χ4v) is 3.41. The van der Waals surface area contributed by atoms with E-state index in [2.05, 4.69) is 0 Å². The molecule has 0 aliphatic heterocycles. The van der Waals surface area contributed by atoms with Crippen LogP contribution in [0, 0.1) is 18.6 Å². The Morgan fingerprint density at radius 3 is 2.48 bits per heavy atom. The van der Waals surface area contributed by atoms with Crippen LogP contribution in [0.1, 0.15) is 11.3 Å². The van der Waals surface area contributed by atoms with E-state index in [0.717, 1.165) is 5.56 Å². The van der Waals surface area contributed by atoms with Crippen molar-refractivity contribution >= 4 is 22.6 Å². The van der Waals surface area contributed by atoms with E-state index in [4.69, 9.17) is 20.8 Å². The van der Waals surface area contributed by atoms with E-state index in [1.807, 2.05) is 0 Å². The maximum Gasteiger partial charge on any atom is 0.200 e. The first-order chi connectivity index (χ1) is 13.9. The summed E-state index contributed by atoms with van der Waals surface area (Å²) in [6, 6.07) is 15.0. The van der Waals surface area contributed by atoms with Crippen LogP contribution in [0.15, 0.2) is 69.9 Å². The van der Waals surface area contributed by atoms with E-state index in [-0.39, 0.29) is 39.8 Å². The van der Waals surface area contributed by atoms with Crippen molar-refractivity contribution in [3.63, 3.8) is 0 Å². The van der Waals surface area contributed by atoms with Crippen LogP contribution in [0.25, 0.3) is 22.1 Å². The molecule has 4 rings (SSSR count). The zero-order valence-corrected chi connectivity index (χ0v) is 16.1. The highest BCUT2D eigenvalue weighted by Crippen LogP contribution is 2.32. The van der Waals surface area contributed by atoms with Crippen LogP contribution in [0.2, 0.25) is 5.02 Å². The van der Waals surface area contributed by atoms with Crippen LogP contribution in [-0.4, -0.2) is 0 Å². The van der Waals surface area contributed by atoms with Gasteiger partial charge in [-0.15, -0.1) is 0 Å². The van der Waals surface area contributed by atoms with E-state index >= 15 is 0 Å². The molecule has 1 heterocycles.